The second kappa shape index (κ2) is 3.54. The Morgan fingerprint density at radius 3 is 2.93 bits per heavy atom. The highest BCUT2D eigenvalue weighted by Gasteiger charge is 2.12. The number of carboxylic acids is 1. The van der Waals surface area contributed by atoms with E-state index in [-0.39, 0.29) is 5.56 Å². The van der Waals surface area contributed by atoms with Crippen LogP contribution in [0.15, 0.2) is 17.3 Å². The van der Waals surface area contributed by atoms with Crippen LogP contribution in [0.5, 0.6) is 0 Å². The Morgan fingerprint density at radius 2 is 2.33 bits per heavy atom. The number of hydrogen-bond acceptors (Lipinski definition) is 4. The van der Waals surface area contributed by atoms with Crippen LogP contribution in [0, 0.1) is 0 Å². The van der Waals surface area contributed by atoms with E-state index in [1.54, 1.807) is 17.8 Å². The molecule has 2 heterocycles. The van der Waals surface area contributed by atoms with Gasteiger partial charge >= 0.3 is 5.97 Å². The van der Waals surface area contributed by atoms with Gasteiger partial charge in [-0.05, 0) is 12.3 Å². The molecule has 0 fully saturated rings. The lowest BCUT2D eigenvalue weighted by Gasteiger charge is -1.95. The summed E-state index contributed by atoms with van der Waals surface area (Å²) in [4.78, 5) is 14.9. The minimum Gasteiger partial charge on any atom is -0.478 e. The van der Waals surface area contributed by atoms with Gasteiger partial charge in [0.25, 0.3) is 0 Å². The number of carbonyl (C=O) groups is 1. The molecule has 5 nitrogen and oxygen atoms in total. The van der Waals surface area contributed by atoms with Crippen LogP contribution in [-0.2, 0) is 7.05 Å². The quantitative estimate of drug-likeness (QED) is 0.779. The average Bonchev–Trinajstić information content (AvgIpc) is 2.55. The van der Waals surface area contributed by atoms with Gasteiger partial charge in [0.05, 0.1) is 10.9 Å². The predicted molar refractivity (Wildman–Crippen MR) is 57.2 cm³/mol. The maximum Gasteiger partial charge on any atom is 0.337 e. The third-order valence-electron chi connectivity index (χ3n) is 2.08. The fraction of sp³-hybridized carbons (Fsp3) is 0.222. The summed E-state index contributed by atoms with van der Waals surface area (Å²) in [6, 6.07) is 1.60. The van der Waals surface area contributed by atoms with Gasteiger partial charge in [-0.1, -0.05) is 0 Å². The van der Waals surface area contributed by atoms with Gasteiger partial charge in [0.1, 0.15) is 5.03 Å². The number of carboxylic acid groups (broad SMARTS) is 1. The van der Waals surface area contributed by atoms with Gasteiger partial charge in [0.2, 0.25) is 0 Å². The van der Waals surface area contributed by atoms with Gasteiger partial charge in [-0.3, -0.25) is 0 Å². The molecule has 2 aromatic heterocycles. The SMILES string of the molecule is CSc1nn(C)c2ncc(C(=O)O)cc12. The molecule has 0 radical (unpaired) electrons. The van der Waals surface area contributed by atoms with Gasteiger partial charge in [-0.2, -0.15) is 5.10 Å². The fourth-order valence-corrected chi connectivity index (χ4v) is 1.95. The number of aryl methyl sites for hydroxylation is 1. The van der Waals surface area contributed by atoms with Crippen molar-refractivity contribution in [2.75, 3.05) is 6.26 Å². The Bertz CT molecular complexity index is 535. The van der Waals surface area contributed by atoms with E-state index >= 15 is 0 Å². The van der Waals surface area contributed by atoms with Gasteiger partial charge in [-0.25, -0.2) is 14.5 Å². The molecule has 2 rings (SSSR count). The normalized spacial score (nSPS) is 10.8. The molecule has 0 amide bonds. The number of fused-ring (bicyclic) bond motifs is 1. The summed E-state index contributed by atoms with van der Waals surface area (Å²) >= 11 is 1.47. The first-order valence-corrected chi connectivity index (χ1v) is 5.46. The van der Waals surface area contributed by atoms with Crippen molar-refractivity contribution in [1.82, 2.24) is 14.8 Å². The number of nitrogens with zero attached hydrogens (tertiary/aromatic N) is 3. The second-order valence-corrected chi connectivity index (χ2v) is 3.83. The minimum atomic E-state index is -0.972. The molecule has 0 aliphatic carbocycles. The first-order valence-electron chi connectivity index (χ1n) is 4.23. The third kappa shape index (κ3) is 1.56. The van der Waals surface area contributed by atoms with Gasteiger partial charge < -0.3 is 5.11 Å². The van der Waals surface area contributed by atoms with Crippen LogP contribution in [-0.4, -0.2) is 32.1 Å². The third-order valence-corrected chi connectivity index (χ3v) is 2.77. The molecule has 0 saturated carbocycles. The number of aromatic carboxylic acids is 1. The van der Waals surface area contributed by atoms with E-state index in [0.29, 0.717) is 5.65 Å². The first-order chi connectivity index (χ1) is 7.13. The lowest BCUT2D eigenvalue weighted by molar-refractivity contribution is 0.0696. The summed E-state index contributed by atoms with van der Waals surface area (Å²) < 4.78 is 1.65. The standard InChI is InChI=1S/C9H9N3O2S/c1-12-7-6(8(11-12)15-2)3-5(4-10-7)9(13)14/h3-4H,1-2H3,(H,13,14). The first kappa shape index (κ1) is 9.97. The van der Waals surface area contributed by atoms with Gasteiger partial charge in [0, 0.05) is 13.2 Å². The Kier molecular flexibility index (Phi) is 2.36. The van der Waals surface area contributed by atoms with E-state index in [2.05, 4.69) is 10.1 Å². The highest BCUT2D eigenvalue weighted by molar-refractivity contribution is 7.98. The maximum absolute atomic E-state index is 10.8. The van der Waals surface area contributed by atoms with E-state index < -0.39 is 5.97 Å². The van der Waals surface area contributed by atoms with Crippen LogP contribution in [0.1, 0.15) is 10.4 Å². The van der Waals surface area contributed by atoms with Crippen LogP contribution >= 0.6 is 11.8 Å². The summed E-state index contributed by atoms with van der Waals surface area (Å²) in [6.07, 6.45) is 3.24. The maximum atomic E-state index is 10.8. The smallest absolute Gasteiger partial charge is 0.337 e. The Balaban J connectivity index is 2.73. The number of hydrogen-bond donors (Lipinski definition) is 1. The molecule has 2 aromatic rings. The van der Waals surface area contributed by atoms with Crippen LogP contribution in [0.2, 0.25) is 0 Å². The second-order valence-electron chi connectivity index (χ2n) is 3.03. The largest absolute Gasteiger partial charge is 0.478 e. The number of rotatable bonds is 2. The molecule has 0 saturated heterocycles. The lowest BCUT2D eigenvalue weighted by atomic mass is 10.2. The van der Waals surface area contributed by atoms with Crippen molar-refractivity contribution >= 4 is 28.8 Å². The highest BCUT2D eigenvalue weighted by Crippen LogP contribution is 2.24. The zero-order valence-electron chi connectivity index (χ0n) is 8.26. The minimum absolute atomic E-state index is 0.186. The highest BCUT2D eigenvalue weighted by atomic mass is 32.2. The van der Waals surface area contributed by atoms with Gasteiger partial charge in [-0.15, -0.1) is 11.8 Å². The topological polar surface area (TPSA) is 68.0 Å². The zero-order valence-corrected chi connectivity index (χ0v) is 9.08. The van der Waals surface area contributed by atoms with Crippen molar-refractivity contribution in [1.29, 1.82) is 0 Å². The Morgan fingerprint density at radius 1 is 1.60 bits per heavy atom. The van der Waals surface area contributed by atoms with Crippen LogP contribution in [0.4, 0.5) is 0 Å². The zero-order chi connectivity index (χ0) is 11.0. The Labute approximate surface area is 90.1 Å². The summed E-state index contributed by atoms with van der Waals surface area (Å²) in [5.41, 5.74) is 0.884. The average molecular weight is 223 g/mol. The van der Waals surface area contributed by atoms with Crippen molar-refractivity contribution in [3.05, 3.63) is 17.8 Å². The van der Waals surface area contributed by atoms with Crippen molar-refractivity contribution in [3.63, 3.8) is 0 Å². The van der Waals surface area contributed by atoms with Crippen molar-refractivity contribution in [3.8, 4) is 0 Å². The van der Waals surface area contributed by atoms with E-state index in [9.17, 15) is 4.79 Å². The molecule has 0 aliphatic heterocycles. The molecular weight excluding hydrogens is 214 g/mol. The summed E-state index contributed by atoms with van der Waals surface area (Å²) in [5.74, 6) is -0.972. The van der Waals surface area contributed by atoms with E-state index in [1.807, 2.05) is 6.26 Å². The van der Waals surface area contributed by atoms with Crippen molar-refractivity contribution < 1.29 is 9.90 Å². The van der Waals surface area contributed by atoms with Crippen LogP contribution < -0.4 is 0 Å². The van der Waals surface area contributed by atoms with E-state index in [1.165, 1.54) is 18.0 Å². The molecule has 0 aromatic carbocycles. The van der Waals surface area contributed by atoms with Crippen LogP contribution in [0.3, 0.4) is 0 Å². The fourth-order valence-electron chi connectivity index (χ4n) is 1.38. The molecule has 0 unspecified atom stereocenters. The summed E-state index contributed by atoms with van der Waals surface area (Å²) in [5, 5.41) is 14.7. The number of thioether (sulfide) groups is 1. The summed E-state index contributed by atoms with van der Waals surface area (Å²) in [7, 11) is 1.79. The molecule has 78 valence electrons. The predicted octanol–water partition coefficient (Wildman–Crippen LogP) is 1.39. The molecule has 0 spiro atoms. The van der Waals surface area contributed by atoms with Gasteiger partial charge in [0.15, 0.2) is 5.65 Å². The van der Waals surface area contributed by atoms with E-state index in [4.69, 9.17) is 5.11 Å². The molecule has 0 atom stereocenters. The van der Waals surface area contributed by atoms with Crippen LogP contribution in [0.25, 0.3) is 11.0 Å². The molecule has 0 aliphatic rings. The molecule has 6 heteroatoms. The molecule has 0 bridgehead atoms. The lowest BCUT2D eigenvalue weighted by Crippen LogP contribution is -1.98. The van der Waals surface area contributed by atoms with Crippen molar-refractivity contribution in [2.24, 2.45) is 7.05 Å². The number of aromatic nitrogens is 3. The monoisotopic (exact) mass is 223 g/mol. The summed E-state index contributed by atoms with van der Waals surface area (Å²) in [6.45, 7) is 0. The van der Waals surface area contributed by atoms with E-state index in [0.717, 1.165) is 10.4 Å². The molecule has 15 heavy (non-hydrogen) atoms. The molecule has 1 N–H and O–H groups in total. The van der Waals surface area contributed by atoms with Crippen molar-refractivity contribution in [2.45, 2.75) is 5.03 Å². The molecular formula is C9H9N3O2S. The number of pyridine rings is 1. The Hall–Kier alpha value is -1.56.